The molecule has 1 aliphatic heterocycles. The van der Waals surface area contributed by atoms with Gasteiger partial charge >= 0.3 is 0 Å². The van der Waals surface area contributed by atoms with Gasteiger partial charge in [0.2, 0.25) is 0 Å². The third-order valence-corrected chi connectivity index (χ3v) is 4.63. The molecule has 0 N–H and O–H groups in total. The van der Waals surface area contributed by atoms with Crippen LogP contribution in [0.25, 0.3) is 0 Å². The zero-order valence-electron chi connectivity index (χ0n) is 12.5. The summed E-state index contributed by atoms with van der Waals surface area (Å²) in [6.45, 7) is 8.61. The third kappa shape index (κ3) is 3.81. The van der Waals surface area contributed by atoms with Gasteiger partial charge in [0.1, 0.15) is 0 Å². The van der Waals surface area contributed by atoms with Gasteiger partial charge < -0.3 is 4.90 Å². The summed E-state index contributed by atoms with van der Waals surface area (Å²) in [5, 5.41) is 0. The molecule has 2 heterocycles. The van der Waals surface area contributed by atoms with Crippen LogP contribution < -0.4 is 0 Å². The van der Waals surface area contributed by atoms with E-state index in [0.29, 0.717) is 16.9 Å². The van der Waals surface area contributed by atoms with E-state index in [-0.39, 0.29) is 5.91 Å². The SMILES string of the molecule is CC(C)(C)C1CCCN(C(=O)c2cncc(Br)c2)CC1. The Bertz CT molecular complexity index is 482. The smallest absolute Gasteiger partial charge is 0.255 e. The first-order valence-corrected chi connectivity index (χ1v) is 8.07. The molecular weight excluding hydrogens is 316 g/mol. The number of rotatable bonds is 1. The minimum Gasteiger partial charge on any atom is -0.339 e. The fraction of sp³-hybridized carbons (Fsp3) is 0.625. The van der Waals surface area contributed by atoms with Crippen molar-refractivity contribution in [2.24, 2.45) is 11.3 Å². The number of hydrogen-bond donors (Lipinski definition) is 0. The van der Waals surface area contributed by atoms with Crippen molar-refractivity contribution in [2.45, 2.75) is 40.0 Å². The standard InChI is InChI=1S/C16H23BrN2O/c1-16(2,3)13-5-4-7-19(8-6-13)15(20)12-9-14(17)11-18-10-12/h9-11,13H,4-8H2,1-3H3. The number of carbonyl (C=O) groups is 1. The van der Waals surface area contributed by atoms with Gasteiger partial charge in [-0.25, -0.2) is 0 Å². The maximum atomic E-state index is 12.5. The Kier molecular flexibility index (Phi) is 4.84. The van der Waals surface area contributed by atoms with E-state index >= 15 is 0 Å². The summed E-state index contributed by atoms with van der Waals surface area (Å²) in [4.78, 5) is 18.6. The molecule has 1 aromatic heterocycles. The van der Waals surface area contributed by atoms with Crippen LogP contribution >= 0.6 is 15.9 Å². The second-order valence-corrected chi connectivity index (χ2v) is 7.59. The Balaban J connectivity index is 2.05. The number of halogens is 1. The summed E-state index contributed by atoms with van der Waals surface area (Å²) in [5.74, 6) is 0.800. The molecule has 1 fully saturated rings. The summed E-state index contributed by atoms with van der Waals surface area (Å²) in [6, 6.07) is 1.85. The molecule has 0 spiro atoms. The minimum absolute atomic E-state index is 0.105. The average Bonchev–Trinajstić information content (AvgIpc) is 2.63. The Morgan fingerprint density at radius 2 is 2.05 bits per heavy atom. The van der Waals surface area contributed by atoms with Crippen LogP contribution in [0, 0.1) is 11.3 Å². The van der Waals surface area contributed by atoms with Crippen molar-refractivity contribution in [2.75, 3.05) is 13.1 Å². The van der Waals surface area contributed by atoms with E-state index in [1.54, 1.807) is 12.4 Å². The molecule has 1 amide bonds. The normalized spacial score (nSPS) is 20.6. The van der Waals surface area contributed by atoms with Gasteiger partial charge in [0, 0.05) is 30.0 Å². The Morgan fingerprint density at radius 1 is 1.30 bits per heavy atom. The highest BCUT2D eigenvalue weighted by Gasteiger charge is 2.28. The van der Waals surface area contributed by atoms with Crippen molar-refractivity contribution in [1.82, 2.24) is 9.88 Å². The molecule has 0 saturated carbocycles. The van der Waals surface area contributed by atoms with Crippen LogP contribution in [-0.2, 0) is 0 Å². The highest BCUT2D eigenvalue weighted by Crippen LogP contribution is 2.34. The van der Waals surface area contributed by atoms with Crippen LogP contribution in [0.5, 0.6) is 0 Å². The van der Waals surface area contributed by atoms with Crippen LogP contribution in [0.15, 0.2) is 22.9 Å². The van der Waals surface area contributed by atoms with Crippen LogP contribution in [0.3, 0.4) is 0 Å². The van der Waals surface area contributed by atoms with Gasteiger partial charge in [0.15, 0.2) is 0 Å². The van der Waals surface area contributed by atoms with E-state index < -0.39 is 0 Å². The lowest BCUT2D eigenvalue weighted by Crippen LogP contribution is -2.32. The molecule has 1 saturated heterocycles. The van der Waals surface area contributed by atoms with E-state index in [1.165, 1.54) is 6.42 Å². The summed E-state index contributed by atoms with van der Waals surface area (Å²) in [6.07, 6.45) is 6.75. The first kappa shape index (κ1) is 15.5. The van der Waals surface area contributed by atoms with Gasteiger partial charge in [0.05, 0.1) is 5.56 Å². The van der Waals surface area contributed by atoms with Crippen molar-refractivity contribution in [3.8, 4) is 0 Å². The number of amides is 1. The maximum Gasteiger partial charge on any atom is 0.255 e. The number of carbonyl (C=O) groups excluding carboxylic acids is 1. The monoisotopic (exact) mass is 338 g/mol. The zero-order valence-corrected chi connectivity index (χ0v) is 14.1. The fourth-order valence-corrected chi connectivity index (χ4v) is 3.24. The molecule has 0 aromatic carbocycles. The van der Waals surface area contributed by atoms with Gasteiger partial charge in [-0.1, -0.05) is 20.8 Å². The maximum absolute atomic E-state index is 12.5. The number of nitrogens with zero attached hydrogens (tertiary/aromatic N) is 2. The molecule has 1 aromatic rings. The molecule has 0 bridgehead atoms. The second-order valence-electron chi connectivity index (χ2n) is 6.68. The van der Waals surface area contributed by atoms with Gasteiger partial charge in [-0.05, 0) is 52.6 Å². The molecule has 1 unspecified atom stereocenters. The average molecular weight is 339 g/mol. The Hall–Kier alpha value is -0.900. The van der Waals surface area contributed by atoms with Gasteiger partial charge in [-0.3, -0.25) is 9.78 Å². The molecule has 20 heavy (non-hydrogen) atoms. The largest absolute Gasteiger partial charge is 0.339 e. The highest BCUT2D eigenvalue weighted by atomic mass is 79.9. The predicted octanol–water partition coefficient (Wildman–Crippen LogP) is 4.13. The lowest BCUT2D eigenvalue weighted by atomic mass is 9.77. The second kappa shape index (κ2) is 6.25. The van der Waals surface area contributed by atoms with Crippen molar-refractivity contribution in [3.05, 3.63) is 28.5 Å². The summed E-state index contributed by atoms with van der Waals surface area (Å²) < 4.78 is 0.853. The molecule has 1 aliphatic rings. The number of pyridine rings is 1. The number of aromatic nitrogens is 1. The molecule has 3 nitrogen and oxygen atoms in total. The van der Waals surface area contributed by atoms with Gasteiger partial charge in [0.25, 0.3) is 5.91 Å². The Labute approximate surface area is 129 Å². The number of likely N-dealkylation sites (tertiary alicyclic amines) is 1. The summed E-state index contributed by atoms with van der Waals surface area (Å²) in [7, 11) is 0. The first-order chi connectivity index (χ1) is 9.38. The summed E-state index contributed by atoms with van der Waals surface area (Å²) in [5.41, 5.74) is 1.00. The molecule has 4 heteroatoms. The minimum atomic E-state index is 0.105. The van der Waals surface area contributed by atoms with Crippen LogP contribution in [0.4, 0.5) is 0 Å². The predicted molar refractivity (Wildman–Crippen MR) is 84.6 cm³/mol. The van der Waals surface area contributed by atoms with E-state index in [1.807, 2.05) is 11.0 Å². The van der Waals surface area contributed by atoms with E-state index in [0.717, 1.165) is 30.4 Å². The van der Waals surface area contributed by atoms with Gasteiger partial charge in [-0.2, -0.15) is 0 Å². The summed E-state index contributed by atoms with van der Waals surface area (Å²) >= 11 is 3.37. The Morgan fingerprint density at radius 3 is 2.70 bits per heavy atom. The number of hydrogen-bond acceptors (Lipinski definition) is 2. The van der Waals surface area contributed by atoms with Gasteiger partial charge in [-0.15, -0.1) is 0 Å². The topological polar surface area (TPSA) is 33.2 Å². The van der Waals surface area contributed by atoms with Crippen molar-refractivity contribution >= 4 is 21.8 Å². The fourth-order valence-electron chi connectivity index (χ4n) is 2.88. The lowest BCUT2D eigenvalue weighted by Gasteiger charge is -2.29. The van der Waals surface area contributed by atoms with Crippen LogP contribution in [0.2, 0.25) is 0 Å². The quantitative estimate of drug-likeness (QED) is 0.771. The molecular formula is C16H23BrN2O. The van der Waals surface area contributed by atoms with Crippen LogP contribution in [-0.4, -0.2) is 28.9 Å². The highest BCUT2D eigenvalue weighted by molar-refractivity contribution is 9.10. The van der Waals surface area contributed by atoms with E-state index in [2.05, 4.69) is 41.7 Å². The van der Waals surface area contributed by atoms with Crippen molar-refractivity contribution in [1.29, 1.82) is 0 Å². The molecule has 0 aliphatic carbocycles. The molecule has 2 rings (SSSR count). The van der Waals surface area contributed by atoms with Crippen molar-refractivity contribution in [3.63, 3.8) is 0 Å². The van der Waals surface area contributed by atoms with Crippen LogP contribution in [0.1, 0.15) is 50.4 Å². The zero-order chi connectivity index (χ0) is 14.8. The van der Waals surface area contributed by atoms with E-state index in [9.17, 15) is 4.79 Å². The third-order valence-electron chi connectivity index (χ3n) is 4.19. The molecule has 0 radical (unpaired) electrons. The van der Waals surface area contributed by atoms with Crippen molar-refractivity contribution < 1.29 is 4.79 Å². The molecule has 1 atom stereocenters. The first-order valence-electron chi connectivity index (χ1n) is 7.28. The lowest BCUT2D eigenvalue weighted by molar-refractivity contribution is 0.0755. The molecule has 110 valence electrons. The van der Waals surface area contributed by atoms with E-state index in [4.69, 9.17) is 0 Å².